The van der Waals surface area contributed by atoms with E-state index in [0.29, 0.717) is 5.41 Å². The van der Waals surface area contributed by atoms with Gasteiger partial charge in [-0.1, -0.05) is 27.7 Å². The maximum atomic E-state index is 3.74. The van der Waals surface area contributed by atoms with Gasteiger partial charge in [0.25, 0.3) is 0 Å². The number of likely N-dealkylation sites (N-methyl/N-ethyl adjacent to an activating group) is 1. The third-order valence-corrected chi connectivity index (χ3v) is 4.94. The third kappa shape index (κ3) is 3.48. The van der Waals surface area contributed by atoms with E-state index in [1.807, 2.05) is 0 Å². The van der Waals surface area contributed by atoms with Crippen LogP contribution in [-0.4, -0.2) is 36.6 Å². The lowest BCUT2D eigenvalue weighted by Crippen LogP contribution is -2.56. The van der Waals surface area contributed by atoms with Crippen LogP contribution in [0.1, 0.15) is 59.8 Å². The molecule has 1 aliphatic carbocycles. The number of hydrogen-bond acceptors (Lipinski definition) is 2. The summed E-state index contributed by atoms with van der Waals surface area (Å²) in [6.45, 7) is 13.3. The molecule has 0 spiro atoms. The van der Waals surface area contributed by atoms with Crippen LogP contribution in [0.3, 0.4) is 0 Å². The molecule has 2 rings (SSSR count). The van der Waals surface area contributed by atoms with Crippen molar-refractivity contribution in [1.82, 2.24) is 10.2 Å². The lowest BCUT2D eigenvalue weighted by atomic mass is 9.78. The molecule has 0 aromatic heterocycles. The van der Waals surface area contributed by atoms with E-state index in [-0.39, 0.29) is 0 Å². The Labute approximate surface area is 114 Å². The van der Waals surface area contributed by atoms with Crippen molar-refractivity contribution in [2.24, 2.45) is 11.3 Å². The molecular weight excluding hydrogens is 220 g/mol. The number of piperidine rings is 1. The highest BCUT2D eigenvalue weighted by Gasteiger charge is 2.36. The maximum absolute atomic E-state index is 3.74. The van der Waals surface area contributed by atoms with Gasteiger partial charge in [-0.15, -0.1) is 0 Å². The van der Waals surface area contributed by atoms with Gasteiger partial charge in [-0.25, -0.2) is 0 Å². The van der Waals surface area contributed by atoms with E-state index >= 15 is 0 Å². The standard InChI is InChI=1S/C16H32N2/c1-5-17-14-8-7-13(2)11-15(14)18-10-6-9-16(3,4)12-18/h13-15,17H,5-12H2,1-4H3. The predicted molar refractivity (Wildman–Crippen MR) is 78.9 cm³/mol. The van der Waals surface area contributed by atoms with E-state index in [2.05, 4.69) is 37.9 Å². The van der Waals surface area contributed by atoms with Crippen LogP contribution in [0.2, 0.25) is 0 Å². The molecule has 2 nitrogen and oxygen atoms in total. The summed E-state index contributed by atoms with van der Waals surface area (Å²) in [6.07, 6.45) is 6.96. The van der Waals surface area contributed by atoms with E-state index < -0.39 is 0 Å². The second-order valence-corrected chi connectivity index (χ2v) is 7.39. The zero-order valence-electron chi connectivity index (χ0n) is 12.8. The summed E-state index contributed by atoms with van der Waals surface area (Å²) in [5, 5.41) is 3.74. The van der Waals surface area contributed by atoms with Crippen molar-refractivity contribution in [3.63, 3.8) is 0 Å². The van der Waals surface area contributed by atoms with Crippen molar-refractivity contribution < 1.29 is 0 Å². The molecular formula is C16H32N2. The van der Waals surface area contributed by atoms with Crippen LogP contribution < -0.4 is 5.32 Å². The largest absolute Gasteiger partial charge is 0.313 e. The quantitative estimate of drug-likeness (QED) is 0.829. The first-order valence-corrected chi connectivity index (χ1v) is 7.99. The number of nitrogens with one attached hydrogen (secondary N) is 1. The fourth-order valence-corrected chi connectivity index (χ4v) is 4.01. The van der Waals surface area contributed by atoms with Gasteiger partial charge in [0.1, 0.15) is 0 Å². The second-order valence-electron chi connectivity index (χ2n) is 7.39. The van der Waals surface area contributed by atoms with Crippen LogP contribution in [0.4, 0.5) is 0 Å². The van der Waals surface area contributed by atoms with Crippen LogP contribution >= 0.6 is 0 Å². The Morgan fingerprint density at radius 3 is 2.72 bits per heavy atom. The number of likely N-dealkylation sites (tertiary alicyclic amines) is 1. The van der Waals surface area contributed by atoms with Crippen molar-refractivity contribution in [2.75, 3.05) is 19.6 Å². The van der Waals surface area contributed by atoms with Gasteiger partial charge in [0, 0.05) is 18.6 Å². The van der Waals surface area contributed by atoms with E-state index in [9.17, 15) is 0 Å². The normalized spacial score (nSPS) is 37.7. The highest BCUT2D eigenvalue weighted by atomic mass is 15.2. The van der Waals surface area contributed by atoms with E-state index in [1.54, 1.807) is 0 Å². The molecule has 1 aliphatic heterocycles. The van der Waals surface area contributed by atoms with Crippen LogP contribution in [-0.2, 0) is 0 Å². The fourth-order valence-electron chi connectivity index (χ4n) is 4.01. The number of nitrogens with zero attached hydrogens (tertiary/aromatic N) is 1. The Kier molecular flexibility index (Phi) is 4.71. The van der Waals surface area contributed by atoms with Gasteiger partial charge in [-0.2, -0.15) is 0 Å². The van der Waals surface area contributed by atoms with Crippen LogP contribution in [0.25, 0.3) is 0 Å². The molecule has 3 unspecified atom stereocenters. The summed E-state index contributed by atoms with van der Waals surface area (Å²) < 4.78 is 0. The molecule has 3 atom stereocenters. The first-order chi connectivity index (χ1) is 8.52. The van der Waals surface area contributed by atoms with Crippen LogP contribution in [0, 0.1) is 11.3 Å². The smallest absolute Gasteiger partial charge is 0.0252 e. The van der Waals surface area contributed by atoms with Gasteiger partial charge in [0.05, 0.1) is 0 Å². The fraction of sp³-hybridized carbons (Fsp3) is 1.00. The van der Waals surface area contributed by atoms with Crippen molar-refractivity contribution in [3.05, 3.63) is 0 Å². The summed E-state index contributed by atoms with van der Waals surface area (Å²) in [4.78, 5) is 2.80. The molecule has 0 aromatic carbocycles. The minimum atomic E-state index is 0.524. The number of hydrogen-bond donors (Lipinski definition) is 1. The molecule has 0 amide bonds. The predicted octanol–water partition coefficient (Wildman–Crippen LogP) is 3.28. The Bertz CT molecular complexity index is 262. The lowest BCUT2D eigenvalue weighted by Gasteiger charge is -2.47. The minimum absolute atomic E-state index is 0.524. The molecule has 1 saturated carbocycles. The molecule has 2 fully saturated rings. The van der Waals surface area contributed by atoms with Gasteiger partial charge < -0.3 is 5.32 Å². The minimum Gasteiger partial charge on any atom is -0.313 e. The Morgan fingerprint density at radius 1 is 1.28 bits per heavy atom. The van der Waals surface area contributed by atoms with Crippen LogP contribution in [0.15, 0.2) is 0 Å². The summed E-state index contributed by atoms with van der Waals surface area (Å²) in [5.74, 6) is 0.912. The molecule has 1 N–H and O–H groups in total. The van der Waals surface area contributed by atoms with Crippen molar-refractivity contribution in [3.8, 4) is 0 Å². The molecule has 0 radical (unpaired) electrons. The molecule has 1 saturated heterocycles. The summed E-state index contributed by atoms with van der Waals surface area (Å²) in [5.41, 5.74) is 0.524. The molecule has 106 valence electrons. The van der Waals surface area contributed by atoms with Gasteiger partial charge in [-0.05, 0) is 56.5 Å². The highest BCUT2D eigenvalue weighted by Crippen LogP contribution is 2.34. The van der Waals surface area contributed by atoms with E-state index in [0.717, 1.165) is 24.5 Å². The van der Waals surface area contributed by atoms with Crippen molar-refractivity contribution in [2.45, 2.75) is 71.9 Å². The lowest BCUT2D eigenvalue weighted by molar-refractivity contribution is 0.0348. The average molecular weight is 252 g/mol. The average Bonchev–Trinajstić information content (AvgIpc) is 2.30. The topological polar surface area (TPSA) is 15.3 Å². The first kappa shape index (κ1) is 14.3. The summed E-state index contributed by atoms with van der Waals surface area (Å²) in [7, 11) is 0. The Balaban J connectivity index is 2.02. The second kappa shape index (κ2) is 5.92. The first-order valence-electron chi connectivity index (χ1n) is 7.99. The zero-order chi connectivity index (χ0) is 13.2. The van der Waals surface area contributed by atoms with Gasteiger partial charge in [0.15, 0.2) is 0 Å². The monoisotopic (exact) mass is 252 g/mol. The van der Waals surface area contributed by atoms with Crippen molar-refractivity contribution in [1.29, 1.82) is 0 Å². The van der Waals surface area contributed by atoms with Gasteiger partial charge >= 0.3 is 0 Å². The Hall–Kier alpha value is -0.0800. The number of rotatable bonds is 3. The van der Waals surface area contributed by atoms with Gasteiger partial charge in [-0.3, -0.25) is 4.90 Å². The van der Waals surface area contributed by atoms with Crippen LogP contribution in [0.5, 0.6) is 0 Å². The molecule has 2 heteroatoms. The molecule has 0 bridgehead atoms. The van der Waals surface area contributed by atoms with E-state index in [4.69, 9.17) is 0 Å². The van der Waals surface area contributed by atoms with Gasteiger partial charge in [0.2, 0.25) is 0 Å². The highest BCUT2D eigenvalue weighted by molar-refractivity contribution is 4.93. The SMILES string of the molecule is CCNC1CCC(C)CC1N1CCCC(C)(C)C1. The molecule has 0 aromatic rings. The Morgan fingerprint density at radius 2 is 2.06 bits per heavy atom. The van der Waals surface area contributed by atoms with Crippen molar-refractivity contribution >= 4 is 0 Å². The summed E-state index contributed by atoms with van der Waals surface area (Å²) in [6, 6.07) is 1.52. The maximum Gasteiger partial charge on any atom is 0.0252 e. The van der Waals surface area contributed by atoms with E-state index in [1.165, 1.54) is 45.2 Å². The molecule has 2 aliphatic rings. The third-order valence-electron chi connectivity index (χ3n) is 4.94. The zero-order valence-corrected chi connectivity index (χ0v) is 12.8. The molecule has 18 heavy (non-hydrogen) atoms. The summed E-state index contributed by atoms with van der Waals surface area (Å²) >= 11 is 0. The molecule has 1 heterocycles.